The van der Waals surface area contributed by atoms with Gasteiger partial charge in [-0.2, -0.15) is 5.10 Å². The Bertz CT molecular complexity index is 1190. The van der Waals surface area contributed by atoms with Crippen molar-refractivity contribution in [3.05, 3.63) is 41.2 Å². The van der Waals surface area contributed by atoms with Gasteiger partial charge in [0, 0.05) is 5.56 Å². The SMILES string of the molecule is C[C@@H]1COC(C)(C)C(=O)N1c1cc(-c2cc(Cl)c3c(N)ncnn23)ccc1C(N)=O. The van der Waals surface area contributed by atoms with Crippen molar-refractivity contribution in [2.24, 2.45) is 5.73 Å². The first-order chi connectivity index (χ1) is 14.1. The summed E-state index contributed by atoms with van der Waals surface area (Å²) in [6, 6.07) is 6.46. The highest BCUT2D eigenvalue weighted by molar-refractivity contribution is 6.35. The van der Waals surface area contributed by atoms with Crippen molar-refractivity contribution in [1.29, 1.82) is 0 Å². The summed E-state index contributed by atoms with van der Waals surface area (Å²) in [5.41, 5.74) is 13.0. The summed E-state index contributed by atoms with van der Waals surface area (Å²) < 4.78 is 7.24. The third kappa shape index (κ3) is 3.06. The molecule has 1 fully saturated rings. The van der Waals surface area contributed by atoms with Crippen LogP contribution in [0.1, 0.15) is 31.1 Å². The first kappa shape index (κ1) is 20.1. The molecular weight excluding hydrogens is 408 g/mol. The number of nitrogens with two attached hydrogens (primary N) is 2. The van der Waals surface area contributed by atoms with Gasteiger partial charge in [-0.25, -0.2) is 9.50 Å². The number of fused-ring (bicyclic) bond motifs is 1. The van der Waals surface area contributed by atoms with Gasteiger partial charge < -0.3 is 21.1 Å². The molecular formula is C20H21ClN6O3. The molecule has 0 aliphatic carbocycles. The average Bonchev–Trinajstić information content (AvgIpc) is 3.03. The molecule has 0 spiro atoms. The zero-order valence-electron chi connectivity index (χ0n) is 16.7. The van der Waals surface area contributed by atoms with Gasteiger partial charge >= 0.3 is 0 Å². The second-order valence-corrected chi connectivity index (χ2v) is 8.13. The molecule has 0 saturated carbocycles. The summed E-state index contributed by atoms with van der Waals surface area (Å²) in [5.74, 6) is -0.648. The van der Waals surface area contributed by atoms with E-state index in [4.69, 9.17) is 27.8 Å². The normalized spacial score (nSPS) is 18.7. The van der Waals surface area contributed by atoms with Crippen molar-refractivity contribution in [2.75, 3.05) is 17.2 Å². The monoisotopic (exact) mass is 428 g/mol. The number of carbonyl (C=O) groups excluding carboxylic acids is 2. The van der Waals surface area contributed by atoms with Crippen LogP contribution in [0, 0.1) is 0 Å². The quantitative estimate of drug-likeness (QED) is 0.658. The van der Waals surface area contributed by atoms with E-state index in [0.29, 0.717) is 34.1 Å². The molecule has 4 rings (SSSR count). The largest absolute Gasteiger partial charge is 0.382 e. The molecule has 2 amide bonds. The van der Waals surface area contributed by atoms with Crippen molar-refractivity contribution >= 4 is 40.4 Å². The molecule has 2 aromatic heterocycles. The van der Waals surface area contributed by atoms with Crippen molar-refractivity contribution in [3.8, 4) is 11.3 Å². The van der Waals surface area contributed by atoms with Crippen LogP contribution < -0.4 is 16.4 Å². The van der Waals surface area contributed by atoms with Gasteiger partial charge in [0.05, 0.1) is 34.6 Å². The molecule has 3 heterocycles. The van der Waals surface area contributed by atoms with Crippen LogP contribution in [0.2, 0.25) is 5.02 Å². The van der Waals surface area contributed by atoms with E-state index in [1.165, 1.54) is 6.33 Å². The number of primary amides is 1. The predicted molar refractivity (Wildman–Crippen MR) is 113 cm³/mol. The van der Waals surface area contributed by atoms with Gasteiger partial charge in [0.15, 0.2) is 5.82 Å². The fraction of sp³-hybridized carbons (Fsp3) is 0.300. The number of rotatable bonds is 3. The van der Waals surface area contributed by atoms with Crippen molar-refractivity contribution in [2.45, 2.75) is 32.4 Å². The fourth-order valence-corrected chi connectivity index (χ4v) is 3.91. The summed E-state index contributed by atoms with van der Waals surface area (Å²) in [6.07, 6.45) is 1.33. The second kappa shape index (κ2) is 6.96. The van der Waals surface area contributed by atoms with Gasteiger partial charge in [0.1, 0.15) is 17.4 Å². The molecule has 9 nitrogen and oxygen atoms in total. The highest BCUT2D eigenvalue weighted by atomic mass is 35.5. The lowest BCUT2D eigenvalue weighted by Crippen LogP contribution is -2.58. The number of morpholine rings is 1. The summed E-state index contributed by atoms with van der Waals surface area (Å²) in [4.78, 5) is 30.8. The van der Waals surface area contributed by atoms with Gasteiger partial charge in [-0.15, -0.1) is 0 Å². The maximum atomic E-state index is 13.1. The van der Waals surface area contributed by atoms with Crippen molar-refractivity contribution in [1.82, 2.24) is 14.6 Å². The zero-order chi connectivity index (χ0) is 21.8. The number of halogens is 1. The molecule has 0 unspecified atom stereocenters. The number of nitrogens with zero attached hydrogens (tertiary/aromatic N) is 4. The van der Waals surface area contributed by atoms with Gasteiger partial charge in [-0.3, -0.25) is 9.59 Å². The highest BCUT2D eigenvalue weighted by Gasteiger charge is 2.42. The van der Waals surface area contributed by atoms with E-state index in [9.17, 15) is 9.59 Å². The number of hydrogen-bond donors (Lipinski definition) is 2. The van der Waals surface area contributed by atoms with Crippen LogP contribution >= 0.6 is 11.6 Å². The Morgan fingerprint density at radius 1 is 1.33 bits per heavy atom. The third-order valence-corrected chi connectivity index (χ3v) is 5.50. The fourth-order valence-electron chi connectivity index (χ4n) is 3.63. The minimum atomic E-state index is -1.02. The van der Waals surface area contributed by atoms with Crippen LogP contribution in [-0.2, 0) is 9.53 Å². The Kier molecular flexibility index (Phi) is 4.67. The minimum Gasteiger partial charge on any atom is -0.382 e. The van der Waals surface area contributed by atoms with Crippen LogP contribution in [0.15, 0.2) is 30.6 Å². The first-order valence-corrected chi connectivity index (χ1v) is 9.69. The number of hydrogen-bond acceptors (Lipinski definition) is 6. The van der Waals surface area contributed by atoms with Gasteiger partial charge in [0.2, 0.25) is 0 Å². The molecule has 0 radical (unpaired) electrons. The van der Waals surface area contributed by atoms with E-state index >= 15 is 0 Å². The van der Waals surface area contributed by atoms with Crippen LogP contribution in [0.3, 0.4) is 0 Å². The summed E-state index contributed by atoms with van der Waals surface area (Å²) in [6.45, 7) is 5.57. The Morgan fingerprint density at radius 3 is 2.77 bits per heavy atom. The molecule has 10 heteroatoms. The lowest BCUT2D eigenvalue weighted by Gasteiger charge is -2.42. The van der Waals surface area contributed by atoms with Crippen molar-refractivity contribution < 1.29 is 14.3 Å². The molecule has 30 heavy (non-hydrogen) atoms. The van der Waals surface area contributed by atoms with Crippen LogP contribution in [-0.4, -0.2) is 44.7 Å². The smallest absolute Gasteiger partial charge is 0.258 e. The molecule has 1 aliphatic rings. The van der Waals surface area contributed by atoms with Crippen LogP contribution in [0.4, 0.5) is 11.5 Å². The van der Waals surface area contributed by atoms with E-state index in [0.717, 1.165) is 0 Å². The highest BCUT2D eigenvalue weighted by Crippen LogP contribution is 2.36. The van der Waals surface area contributed by atoms with Crippen LogP contribution in [0.25, 0.3) is 16.8 Å². The third-order valence-electron chi connectivity index (χ3n) is 5.21. The molecule has 3 aromatic rings. The van der Waals surface area contributed by atoms with Crippen LogP contribution in [0.5, 0.6) is 0 Å². The number of nitrogen functional groups attached to an aromatic ring is 1. The average molecular weight is 429 g/mol. The lowest BCUT2D eigenvalue weighted by molar-refractivity contribution is -0.147. The van der Waals surface area contributed by atoms with Gasteiger partial charge in [0.25, 0.3) is 11.8 Å². The standard InChI is InChI=1S/C20H21ClN6O3/c1-10-8-30-20(2,3)19(29)26(10)15-6-11(4-5-12(15)18(23)28)14-7-13(21)16-17(22)24-9-25-27(14)16/h4-7,9-10H,8H2,1-3H3,(H2,23,28)(H2,22,24,25)/t10-/m1/s1. The van der Waals surface area contributed by atoms with Gasteiger partial charge in [-0.1, -0.05) is 17.7 Å². The first-order valence-electron chi connectivity index (χ1n) is 9.31. The topological polar surface area (TPSA) is 129 Å². The zero-order valence-corrected chi connectivity index (χ0v) is 17.5. The summed E-state index contributed by atoms with van der Waals surface area (Å²) in [5, 5.41) is 4.63. The number of carbonyl (C=O) groups is 2. The summed E-state index contributed by atoms with van der Waals surface area (Å²) in [7, 11) is 0. The Balaban J connectivity index is 1.93. The number of aromatic nitrogens is 3. The molecule has 1 aliphatic heterocycles. The molecule has 4 N–H and O–H groups in total. The molecule has 0 bridgehead atoms. The van der Waals surface area contributed by atoms with E-state index in [1.54, 1.807) is 47.5 Å². The van der Waals surface area contributed by atoms with E-state index < -0.39 is 11.5 Å². The number of ether oxygens (including phenoxy) is 1. The number of anilines is 2. The van der Waals surface area contributed by atoms with E-state index in [-0.39, 0.29) is 23.3 Å². The maximum Gasteiger partial charge on any atom is 0.258 e. The van der Waals surface area contributed by atoms with E-state index in [2.05, 4.69) is 10.1 Å². The minimum absolute atomic E-state index is 0.234. The van der Waals surface area contributed by atoms with Crippen molar-refractivity contribution in [3.63, 3.8) is 0 Å². The van der Waals surface area contributed by atoms with Gasteiger partial charge in [-0.05, 0) is 39.0 Å². The second-order valence-electron chi connectivity index (χ2n) is 7.72. The van der Waals surface area contributed by atoms with E-state index in [1.807, 2.05) is 6.92 Å². The number of benzene rings is 1. The molecule has 1 saturated heterocycles. The molecule has 1 atom stereocenters. The molecule has 1 aromatic carbocycles. The Hall–Kier alpha value is -3.17. The Morgan fingerprint density at radius 2 is 2.07 bits per heavy atom. The summed E-state index contributed by atoms with van der Waals surface area (Å²) >= 11 is 6.35. The lowest BCUT2D eigenvalue weighted by atomic mass is 9.99. The predicted octanol–water partition coefficient (Wildman–Crippen LogP) is 2.26. The maximum absolute atomic E-state index is 13.1. The Labute approximate surface area is 177 Å². The number of amides is 2. The molecule has 156 valence electrons.